The summed E-state index contributed by atoms with van der Waals surface area (Å²) in [6.45, 7) is 1.60. The lowest BCUT2D eigenvalue weighted by Gasteiger charge is -2.26. The molecule has 0 saturated carbocycles. The van der Waals surface area contributed by atoms with Gasteiger partial charge in [0.2, 0.25) is 0 Å². The van der Waals surface area contributed by atoms with Gasteiger partial charge in [-0.05, 0) is 12.1 Å². The van der Waals surface area contributed by atoms with Gasteiger partial charge < -0.3 is 25.6 Å². The monoisotopic (exact) mass is 267 g/mol. The number of rotatable bonds is 5. The van der Waals surface area contributed by atoms with E-state index >= 15 is 0 Å². The van der Waals surface area contributed by atoms with Gasteiger partial charge >= 0.3 is 5.97 Å². The van der Waals surface area contributed by atoms with Crippen molar-refractivity contribution in [1.29, 1.82) is 0 Å². The molecule has 2 rings (SSSR count). The average molecular weight is 267 g/mol. The summed E-state index contributed by atoms with van der Waals surface area (Å²) in [6, 6.07) is 2.89. The molecule has 0 spiro atoms. The van der Waals surface area contributed by atoms with Crippen molar-refractivity contribution in [3.05, 3.63) is 17.8 Å². The quantitative estimate of drug-likeness (QED) is 0.716. The Morgan fingerprint density at radius 2 is 2.47 bits per heavy atom. The Bertz CT molecular complexity index is 472. The standard InChI is InChI=1S/C12H17N3O4/c1-18-12(4-5-19-7-12)6-14-10-8(13)2-3-9(15-10)11(16)17/h2-3H,4-7,13H2,1H3,(H,14,15)(H,16,17). The Hall–Kier alpha value is -1.86. The number of nitrogens with zero attached hydrogens (tertiary/aromatic N) is 1. The number of nitrogens with one attached hydrogen (secondary N) is 1. The number of anilines is 2. The van der Waals surface area contributed by atoms with Crippen LogP contribution in [-0.2, 0) is 9.47 Å². The zero-order valence-corrected chi connectivity index (χ0v) is 10.7. The van der Waals surface area contributed by atoms with Gasteiger partial charge in [-0.15, -0.1) is 0 Å². The minimum atomic E-state index is -1.09. The number of carbonyl (C=O) groups is 1. The second-order valence-corrected chi connectivity index (χ2v) is 4.48. The van der Waals surface area contributed by atoms with Crippen LogP contribution in [0, 0.1) is 0 Å². The summed E-state index contributed by atoms with van der Waals surface area (Å²) in [6.07, 6.45) is 0.773. The fourth-order valence-electron chi connectivity index (χ4n) is 1.94. The number of methoxy groups -OCH3 is 1. The summed E-state index contributed by atoms with van der Waals surface area (Å²) in [4.78, 5) is 14.8. The van der Waals surface area contributed by atoms with Gasteiger partial charge in [0.05, 0.1) is 12.3 Å². The molecule has 0 amide bonds. The summed E-state index contributed by atoms with van der Waals surface area (Å²) in [7, 11) is 1.63. The molecule has 1 aliphatic heterocycles. The lowest BCUT2D eigenvalue weighted by atomic mass is 10.0. The van der Waals surface area contributed by atoms with E-state index in [1.165, 1.54) is 12.1 Å². The van der Waals surface area contributed by atoms with Crippen molar-refractivity contribution in [3.63, 3.8) is 0 Å². The minimum Gasteiger partial charge on any atom is -0.477 e. The van der Waals surface area contributed by atoms with E-state index in [-0.39, 0.29) is 5.69 Å². The normalized spacial score (nSPS) is 22.4. The summed E-state index contributed by atoms with van der Waals surface area (Å²) in [5.41, 5.74) is 5.71. The molecule has 1 saturated heterocycles. The van der Waals surface area contributed by atoms with Gasteiger partial charge in [-0.2, -0.15) is 0 Å². The van der Waals surface area contributed by atoms with E-state index in [2.05, 4.69) is 10.3 Å². The number of ether oxygens (including phenoxy) is 2. The third-order valence-corrected chi connectivity index (χ3v) is 3.22. The Balaban J connectivity index is 2.10. The van der Waals surface area contributed by atoms with Gasteiger partial charge in [-0.1, -0.05) is 0 Å². The fraction of sp³-hybridized carbons (Fsp3) is 0.500. The molecule has 1 aromatic rings. The summed E-state index contributed by atoms with van der Waals surface area (Å²) < 4.78 is 10.8. The average Bonchev–Trinajstić information content (AvgIpc) is 2.87. The smallest absolute Gasteiger partial charge is 0.354 e. The van der Waals surface area contributed by atoms with E-state index in [4.69, 9.17) is 20.3 Å². The number of aromatic nitrogens is 1. The Labute approximate surface area is 110 Å². The Kier molecular flexibility index (Phi) is 3.87. The third kappa shape index (κ3) is 2.94. The van der Waals surface area contributed by atoms with Crippen molar-refractivity contribution in [2.75, 3.05) is 37.9 Å². The number of aromatic carboxylic acids is 1. The van der Waals surface area contributed by atoms with Crippen molar-refractivity contribution >= 4 is 17.5 Å². The maximum Gasteiger partial charge on any atom is 0.354 e. The van der Waals surface area contributed by atoms with Crippen LogP contribution in [0.4, 0.5) is 11.5 Å². The first-order valence-corrected chi connectivity index (χ1v) is 5.93. The molecule has 2 heterocycles. The first-order chi connectivity index (χ1) is 9.06. The number of carboxylic acid groups (broad SMARTS) is 1. The van der Waals surface area contributed by atoms with E-state index < -0.39 is 11.6 Å². The number of nitrogens with two attached hydrogens (primary N) is 1. The van der Waals surface area contributed by atoms with Gasteiger partial charge in [0.25, 0.3) is 0 Å². The molecule has 0 bridgehead atoms. The minimum absolute atomic E-state index is 0.0501. The summed E-state index contributed by atoms with van der Waals surface area (Å²) in [5, 5.41) is 11.9. The highest BCUT2D eigenvalue weighted by Crippen LogP contribution is 2.24. The summed E-state index contributed by atoms with van der Waals surface area (Å²) >= 11 is 0. The number of carboxylic acids is 1. The van der Waals surface area contributed by atoms with Crippen LogP contribution in [0.25, 0.3) is 0 Å². The van der Waals surface area contributed by atoms with Crippen LogP contribution >= 0.6 is 0 Å². The lowest BCUT2D eigenvalue weighted by molar-refractivity contribution is -0.00624. The molecule has 7 nitrogen and oxygen atoms in total. The van der Waals surface area contributed by atoms with E-state index in [0.717, 1.165) is 6.42 Å². The number of pyridine rings is 1. The van der Waals surface area contributed by atoms with Crippen molar-refractivity contribution in [3.8, 4) is 0 Å². The van der Waals surface area contributed by atoms with Crippen LogP contribution in [-0.4, -0.2) is 48.5 Å². The molecule has 1 aromatic heterocycles. The Morgan fingerprint density at radius 3 is 3.05 bits per heavy atom. The number of nitrogen functional groups attached to an aromatic ring is 1. The van der Waals surface area contributed by atoms with Crippen LogP contribution in [0.1, 0.15) is 16.9 Å². The molecule has 7 heteroatoms. The van der Waals surface area contributed by atoms with Crippen molar-refractivity contribution in [2.24, 2.45) is 0 Å². The first-order valence-electron chi connectivity index (χ1n) is 5.93. The van der Waals surface area contributed by atoms with Crippen molar-refractivity contribution < 1.29 is 19.4 Å². The van der Waals surface area contributed by atoms with Crippen LogP contribution in [0.15, 0.2) is 12.1 Å². The molecule has 1 atom stereocenters. The van der Waals surface area contributed by atoms with Crippen LogP contribution < -0.4 is 11.1 Å². The van der Waals surface area contributed by atoms with Crippen LogP contribution in [0.5, 0.6) is 0 Å². The van der Waals surface area contributed by atoms with E-state index in [1.807, 2.05) is 0 Å². The van der Waals surface area contributed by atoms with Gasteiger partial charge in [0.15, 0.2) is 5.69 Å². The fourth-order valence-corrected chi connectivity index (χ4v) is 1.94. The molecule has 19 heavy (non-hydrogen) atoms. The van der Waals surface area contributed by atoms with Gasteiger partial charge in [-0.3, -0.25) is 0 Å². The molecule has 1 fully saturated rings. The molecule has 4 N–H and O–H groups in total. The molecular weight excluding hydrogens is 250 g/mol. The topological polar surface area (TPSA) is 107 Å². The molecule has 1 aliphatic rings. The third-order valence-electron chi connectivity index (χ3n) is 3.22. The van der Waals surface area contributed by atoms with Crippen molar-refractivity contribution in [1.82, 2.24) is 4.98 Å². The highest BCUT2D eigenvalue weighted by Gasteiger charge is 2.35. The molecule has 0 radical (unpaired) electrons. The second-order valence-electron chi connectivity index (χ2n) is 4.48. The van der Waals surface area contributed by atoms with Crippen molar-refractivity contribution in [2.45, 2.75) is 12.0 Å². The Morgan fingerprint density at radius 1 is 1.68 bits per heavy atom. The molecule has 1 unspecified atom stereocenters. The first kappa shape index (κ1) is 13.6. The lowest BCUT2D eigenvalue weighted by Crippen LogP contribution is -2.39. The van der Waals surface area contributed by atoms with Crippen LogP contribution in [0.2, 0.25) is 0 Å². The second kappa shape index (κ2) is 5.41. The van der Waals surface area contributed by atoms with Crippen LogP contribution in [0.3, 0.4) is 0 Å². The largest absolute Gasteiger partial charge is 0.477 e. The number of hydrogen-bond acceptors (Lipinski definition) is 6. The predicted molar refractivity (Wildman–Crippen MR) is 69.3 cm³/mol. The molecular formula is C12H17N3O4. The predicted octanol–water partition coefficient (Wildman–Crippen LogP) is 0.579. The summed E-state index contributed by atoms with van der Waals surface area (Å²) in [5.74, 6) is -0.739. The molecule has 104 valence electrons. The van der Waals surface area contributed by atoms with E-state index in [1.54, 1.807) is 7.11 Å². The number of hydrogen-bond donors (Lipinski definition) is 3. The van der Waals surface area contributed by atoms with E-state index in [9.17, 15) is 4.79 Å². The highest BCUT2D eigenvalue weighted by atomic mass is 16.5. The van der Waals surface area contributed by atoms with Gasteiger partial charge in [-0.25, -0.2) is 9.78 Å². The molecule has 0 aliphatic carbocycles. The SMILES string of the molecule is COC1(CNc2nc(C(=O)O)ccc2N)CCOC1. The maximum absolute atomic E-state index is 10.9. The van der Waals surface area contributed by atoms with E-state index in [0.29, 0.717) is 31.3 Å². The maximum atomic E-state index is 10.9. The van der Waals surface area contributed by atoms with Gasteiger partial charge in [0, 0.05) is 26.7 Å². The van der Waals surface area contributed by atoms with Gasteiger partial charge in [0.1, 0.15) is 11.4 Å². The molecule has 0 aromatic carbocycles. The zero-order valence-electron chi connectivity index (χ0n) is 10.7. The zero-order chi connectivity index (χ0) is 13.9. The highest BCUT2D eigenvalue weighted by molar-refractivity contribution is 5.86.